The van der Waals surface area contributed by atoms with E-state index in [1.54, 1.807) is 0 Å². The Bertz CT molecular complexity index is 566. The number of carbonyl (C=O) groups is 1. The number of Topliss-reactive ketones (excluding diaryl/α,β-unsaturated/α-hetero) is 1. The lowest BCUT2D eigenvalue weighted by molar-refractivity contribution is 0.0969. The Kier molecular flexibility index (Phi) is 6.15. The van der Waals surface area contributed by atoms with Crippen molar-refractivity contribution < 1.29 is 4.79 Å². The first kappa shape index (κ1) is 15.9. The molecule has 0 bridgehead atoms. The van der Waals surface area contributed by atoms with Gasteiger partial charge in [0.15, 0.2) is 5.78 Å². The van der Waals surface area contributed by atoms with E-state index in [9.17, 15) is 4.79 Å². The van der Waals surface area contributed by atoms with Crippen LogP contribution in [0.5, 0.6) is 0 Å². The lowest BCUT2D eigenvalue weighted by Crippen LogP contribution is -2.24. The number of nitrogens with zero attached hydrogens (tertiary/aromatic N) is 1. The molecular formula is C18H20BrNO. The fourth-order valence-electron chi connectivity index (χ4n) is 2.15. The predicted octanol–water partition coefficient (Wildman–Crippen LogP) is 4.20. The van der Waals surface area contributed by atoms with Crippen LogP contribution >= 0.6 is 15.9 Å². The van der Waals surface area contributed by atoms with Crippen LogP contribution in [0.1, 0.15) is 22.3 Å². The van der Waals surface area contributed by atoms with Gasteiger partial charge in [-0.15, -0.1) is 0 Å². The molecule has 0 aliphatic heterocycles. The van der Waals surface area contributed by atoms with Crippen LogP contribution in [0.15, 0.2) is 59.1 Å². The van der Waals surface area contributed by atoms with E-state index in [2.05, 4.69) is 52.1 Å². The van der Waals surface area contributed by atoms with Gasteiger partial charge >= 0.3 is 0 Å². The minimum Gasteiger partial charge on any atom is -0.306 e. The van der Waals surface area contributed by atoms with Crippen LogP contribution in [-0.4, -0.2) is 30.8 Å². The van der Waals surface area contributed by atoms with Crippen molar-refractivity contribution in [1.82, 2.24) is 4.90 Å². The van der Waals surface area contributed by atoms with E-state index in [-0.39, 0.29) is 5.78 Å². The number of ketones is 1. The van der Waals surface area contributed by atoms with Crippen molar-refractivity contribution in [3.05, 3.63) is 70.2 Å². The van der Waals surface area contributed by atoms with Crippen molar-refractivity contribution in [1.29, 1.82) is 0 Å². The second-order valence-electron chi connectivity index (χ2n) is 5.22. The summed E-state index contributed by atoms with van der Waals surface area (Å²) in [6.45, 7) is 1.76. The Morgan fingerprint density at radius 2 is 1.67 bits per heavy atom. The van der Waals surface area contributed by atoms with Gasteiger partial charge < -0.3 is 4.90 Å². The van der Waals surface area contributed by atoms with Gasteiger partial charge in [0.25, 0.3) is 0 Å². The minimum absolute atomic E-state index is 0.203. The van der Waals surface area contributed by atoms with Crippen LogP contribution in [-0.2, 0) is 6.42 Å². The van der Waals surface area contributed by atoms with Crippen LogP contribution in [0, 0.1) is 0 Å². The molecule has 0 radical (unpaired) electrons. The molecule has 0 spiro atoms. The summed E-state index contributed by atoms with van der Waals surface area (Å²) in [6.07, 6.45) is 1.58. The smallest absolute Gasteiger partial charge is 0.164 e. The largest absolute Gasteiger partial charge is 0.306 e. The van der Waals surface area contributed by atoms with Gasteiger partial charge in [-0.1, -0.05) is 58.4 Å². The average Bonchev–Trinajstić information content (AvgIpc) is 2.52. The molecule has 0 saturated heterocycles. The monoisotopic (exact) mass is 345 g/mol. The zero-order valence-electron chi connectivity index (χ0n) is 12.3. The van der Waals surface area contributed by atoms with Crippen LogP contribution in [0.25, 0.3) is 0 Å². The second-order valence-corrected chi connectivity index (χ2v) is 6.13. The summed E-state index contributed by atoms with van der Waals surface area (Å²) in [5.74, 6) is 0.203. The lowest BCUT2D eigenvalue weighted by Gasteiger charge is -2.16. The number of halogens is 1. The summed E-state index contributed by atoms with van der Waals surface area (Å²) >= 11 is 3.38. The van der Waals surface area contributed by atoms with Gasteiger partial charge in [-0.3, -0.25) is 4.79 Å². The van der Waals surface area contributed by atoms with Crippen LogP contribution in [0.4, 0.5) is 0 Å². The number of carbonyl (C=O) groups excluding carboxylic acids is 1. The van der Waals surface area contributed by atoms with Gasteiger partial charge in [0.2, 0.25) is 0 Å². The topological polar surface area (TPSA) is 20.3 Å². The summed E-state index contributed by atoms with van der Waals surface area (Å²) in [4.78, 5) is 14.3. The van der Waals surface area contributed by atoms with Gasteiger partial charge in [-0.05, 0) is 31.2 Å². The van der Waals surface area contributed by atoms with Crippen molar-refractivity contribution in [3.63, 3.8) is 0 Å². The van der Waals surface area contributed by atoms with Gasteiger partial charge in [0.1, 0.15) is 0 Å². The summed E-state index contributed by atoms with van der Waals surface area (Å²) in [6, 6.07) is 18.0. The quantitative estimate of drug-likeness (QED) is 0.701. The van der Waals surface area contributed by atoms with Crippen LogP contribution < -0.4 is 0 Å². The molecule has 110 valence electrons. The van der Waals surface area contributed by atoms with Crippen molar-refractivity contribution in [2.24, 2.45) is 0 Å². The predicted molar refractivity (Wildman–Crippen MR) is 90.7 cm³/mol. The molecule has 0 N–H and O–H groups in total. The number of hydrogen-bond acceptors (Lipinski definition) is 2. The highest BCUT2D eigenvalue weighted by Gasteiger charge is 2.07. The first-order valence-electron chi connectivity index (χ1n) is 7.16. The van der Waals surface area contributed by atoms with Crippen LogP contribution in [0.2, 0.25) is 0 Å². The van der Waals surface area contributed by atoms with Crippen molar-refractivity contribution in [2.45, 2.75) is 12.8 Å². The molecule has 2 nitrogen and oxygen atoms in total. The highest BCUT2D eigenvalue weighted by atomic mass is 79.9. The van der Waals surface area contributed by atoms with E-state index in [1.807, 2.05) is 30.3 Å². The number of likely N-dealkylation sites (N-methyl/N-ethyl adjacent to an activating group) is 1. The van der Waals surface area contributed by atoms with E-state index in [0.29, 0.717) is 6.42 Å². The zero-order valence-corrected chi connectivity index (χ0v) is 13.8. The standard InChI is InChI=1S/C18H20BrNO/c1-20(13-11-15-5-3-2-4-6-15)14-12-18(21)16-7-9-17(19)10-8-16/h2-10H,11-14H2,1H3. The third-order valence-electron chi connectivity index (χ3n) is 3.51. The van der Waals surface area contributed by atoms with E-state index >= 15 is 0 Å². The zero-order chi connectivity index (χ0) is 15.1. The van der Waals surface area contributed by atoms with Gasteiger partial charge in [-0.25, -0.2) is 0 Å². The van der Waals surface area contributed by atoms with Crippen molar-refractivity contribution >= 4 is 21.7 Å². The maximum Gasteiger partial charge on any atom is 0.164 e. The molecule has 0 aromatic heterocycles. The molecule has 2 aromatic rings. The molecule has 2 rings (SSSR count). The van der Waals surface area contributed by atoms with Gasteiger partial charge in [-0.2, -0.15) is 0 Å². The summed E-state index contributed by atoms with van der Waals surface area (Å²) < 4.78 is 0.999. The summed E-state index contributed by atoms with van der Waals surface area (Å²) in [7, 11) is 2.07. The third kappa shape index (κ3) is 5.44. The summed E-state index contributed by atoms with van der Waals surface area (Å²) in [5, 5.41) is 0. The first-order valence-corrected chi connectivity index (χ1v) is 7.95. The molecule has 0 aliphatic rings. The fraction of sp³-hybridized carbons (Fsp3) is 0.278. The van der Waals surface area contributed by atoms with E-state index in [0.717, 1.165) is 29.5 Å². The van der Waals surface area contributed by atoms with Crippen LogP contribution in [0.3, 0.4) is 0 Å². The Morgan fingerprint density at radius 1 is 1.00 bits per heavy atom. The average molecular weight is 346 g/mol. The highest BCUT2D eigenvalue weighted by Crippen LogP contribution is 2.12. The van der Waals surface area contributed by atoms with Crippen molar-refractivity contribution in [3.8, 4) is 0 Å². The van der Waals surface area contributed by atoms with Gasteiger partial charge in [0, 0.05) is 29.5 Å². The van der Waals surface area contributed by atoms with E-state index in [4.69, 9.17) is 0 Å². The molecular weight excluding hydrogens is 326 g/mol. The first-order chi connectivity index (χ1) is 10.1. The number of benzene rings is 2. The molecule has 2 aromatic carbocycles. The SMILES string of the molecule is CN(CCC(=O)c1ccc(Br)cc1)CCc1ccccc1. The Labute approximate surface area is 134 Å². The van der Waals surface area contributed by atoms with E-state index in [1.165, 1.54) is 5.56 Å². The third-order valence-corrected chi connectivity index (χ3v) is 4.04. The van der Waals surface area contributed by atoms with Gasteiger partial charge in [0.05, 0.1) is 0 Å². The Hall–Kier alpha value is -1.45. The summed E-state index contributed by atoms with van der Waals surface area (Å²) in [5.41, 5.74) is 2.12. The molecule has 21 heavy (non-hydrogen) atoms. The molecule has 0 saturated carbocycles. The maximum absolute atomic E-state index is 12.1. The molecule has 0 unspecified atom stereocenters. The van der Waals surface area contributed by atoms with Crippen molar-refractivity contribution in [2.75, 3.05) is 20.1 Å². The Morgan fingerprint density at radius 3 is 2.33 bits per heavy atom. The van der Waals surface area contributed by atoms with E-state index < -0.39 is 0 Å². The molecule has 0 fully saturated rings. The highest BCUT2D eigenvalue weighted by molar-refractivity contribution is 9.10. The Balaban J connectivity index is 1.74. The molecule has 0 amide bonds. The number of rotatable bonds is 7. The maximum atomic E-state index is 12.1. The minimum atomic E-state index is 0.203. The molecule has 0 aliphatic carbocycles. The normalized spacial score (nSPS) is 10.8. The molecule has 3 heteroatoms. The molecule has 0 atom stereocenters. The molecule has 0 heterocycles. The lowest BCUT2D eigenvalue weighted by atomic mass is 10.1. The fourth-order valence-corrected chi connectivity index (χ4v) is 2.41. The number of hydrogen-bond donors (Lipinski definition) is 0. The second kappa shape index (κ2) is 8.11.